The number of rotatable bonds is 7. The molecule has 1 amide bonds. The number of carbonyl (C=O) groups excluding carboxylic acids is 1. The van der Waals surface area contributed by atoms with E-state index in [0.29, 0.717) is 40.3 Å². The first kappa shape index (κ1) is 22.6. The highest BCUT2D eigenvalue weighted by molar-refractivity contribution is 7.19. The van der Waals surface area contributed by atoms with Crippen LogP contribution >= 0.6 is 22.7 Å². The van der Waals surface area contributed by atoms with Crippen molar-refractivity contribution in [1.82, 2.24) is 15.0 Å². The third-order valence-corrected chi connectivity index (χ3v) is 6.73. The second-order valence-corrected chi connectivity index (χ2v) is 9.58. The second-order valence-electron chi connectivity index (χ2n) is 7.52. The molecule has 0 aliphatic rings. The van der Waals surface area contributed by atoms with Crippen molar-refractivity contribution in [3.63, 3.8) is 0 Å². The van der Waals surface area contributed by atoms with Crippen LogP contribution in [0.1, 0.15) is 4.88 Å². The van der Waals surface area contributed by atoms with Crippen LogP contribution in [0.4, 0.5) is 26.8 Å². The number of hydrogen-bond donors (Lipinski definition) is 3. The fraction of sp³-hybridized carbons (Fsp3) is 0.0400. The van der Waals surface area contributed by atoms with Crippen LogP contribution in [0.25, 0.3) is 21.8 Å². The number of amides is 1. The van der Waals surface area contributed by atoms with E-state index in [9.17, 15) is 9.18 Å². The maximum atomic E-state index is 13.5. The van der Waals surface area contributed by atoms with Gasteiger partial charge in [-0.1, -0.05) is 35.6 Å². The van der Waals surface area contributed by atoms with Gasteiger partial charge in [0.15, 0.2) is 5.13 Å². The molecule has 35 heavy (non-hydrogen) atoms. The van der Waals surface area contributed by atoms with Gasteiger partial charge in [-0.25, -0.2) is 19.3 Å². The molecule has 0 radical (unpaired) electrons. The first-order valence-electron chi connectivity index (χ1n) is 10.6. The van der Waals surface area contributed by atoms with E-state index in [4.69, 9.17) is 5.73 Å². The lowest BCUT2D eigenvalue weighted by atomic mass is 10.1. The highest BCUT2D eigenvalue weighted by Gasteiger charge is 2.17. The van der Waals surface area contributed by atoms with Gasteiger partial charge in [-0.15, -0.1) is 11.3 Å². The summed E-state index contributed by atoms with van der Waals surface area (Å²) in [5.41, 5.74) is 9.33. The smallest absolute Gasteiger partial charge is 0.229 e. The number of hydrogen-bond acceptors (Lipinski definition) is 8. The molecule has 0 fully saturated rings. The Kier molecular flexibility index (Phi) is 6.47. The van der Waals surface area contributed by atoms with Crippen molar-refractivity contribution in [2.75, 3.05) is 16.4 Å². The number of thiophene rings is 1. The average molecular weight is 503 g/mol. The zero-order chi connectivity index (χ0) is 24.2. The van der Waals surface area contributed by atoms with Gasteiger partial charge in [0.05, 0.1) is 22.7 Å². The van der Waals surface area contributed by atoms with Crippen molar-refractivity contribution in [2.45, 2.75) is 6.42 Å². The molecule has 4 N–H and O–H groups in total. The van der Waals surface area contributed by atoms with Gasteiger partial charge in [0.2, 0.25) is 11.9 Å². The number of anilines is 4. The Hall–Kier alpha value is -4.15. The van der Waals surface area contributed by atoms with Crippen LogP contribution in [0.2, 0.25) is 0 Å². The predicted octanol–water partition coefficient (Wildman–Crippen LogP) is 5.97. The van der Waals surface area contributed by atoms with E-state index >= 15 is 0 Å². The summed E-state index contributed by atoms with van der Waals surface area (Å²) in [5.74, 6) is -0.127. The lowest BCUT2D eigenvalue weighted by Gasteiger charge is -2.08. The Bertz CT molecular complexity index is 1490. The molecule has 3 heterocycles. The number of nitrogens with one attached hydrogen (secondary N) is 2. The zero-order valence-electron chi connectivity index (χ0n) is 18.2. The van der Waals surface area contributed by atoms with Gasteiger partial charge < -0.3 is 16.4 Å². The maximum Gasteiger partial charge on any atom is 0.229 e. The fourth-order valence-electron chi connectivity index (χ4n) is 3.47. The Balaban J connectivity index is 1.41. The minimum atomic E-state index is -0.356. The minimum absolute atomic E-state index is 0.0912. The second kappa shape index (κ2) is 10.00. The van der Waals surface area contributed by atoms with Gasteiger partial charge in [-0.05, 0) is 47.8 Å². The van der Waals surface area contributed by atoms with Crippen molar-refractivity contribution >= 4 is 51.0 Å². The van der Waals surface area contributed by atoms with Crippen molar-refractivity contribution < 1.29 is 9.18 Å². The molecule has 0 saturated carbocycles. The summed E-state index contributed by atoms with van der Waals surface area (Å²) in [4.78, 5) is 27.5. The average Bonchev–Trinajstić information content (AvgIpc) is 3.49. The third kappa shape index (κ3) is 5.51. The quantitative estimate of drug-likeness (QED) is 0.253. The van der Waals surface area contributed by atoms with Crippen molar-refractivity contribution in [3.05, 3.63) is 89.0 Å². The molecule has 5 aromatic rings. The van der Waals surface area contributed by atoms with Crippen LogP contribution in [0.15, 0.2) is 78.3 Å². The molecular formula is C25H19FN6OS2. The Morgan fingerprint density at radius 3 is 2.69 bits per heavy atom. The first-order valence-corrected chi connectivity index (χ1v) is 12.3. The molecule has 0 atom stereocenters. The van der Waals surface area contributed by atoms with Crippen LogP contribution in [0.5, 0.6) is 0 Å². The number of thiazole rings is 1. The number of nitrogens with zero attached hydrogens (tertiary/aromatic N) is 3. The van der Waals surface area contributed by atoms with Crippen LogP contribution in [0.3, 0.4) is 0 Å². The summed E-state index contributed by atoms with van der Waals surface area (Å²) in [5, 5.41) is 8.29. The summed E-state index contributed by atoms with van der Waals surface area (Å²) in [6.07, 6.45) is 1.93. The Labute approximate surface area is 208 Å². The van der Waals surface area contributed by atoms with E-state index in [1.54, 1.807) is 35.7 Å². The first-order chi connectivity index (χ1) is 17.0. The van der Waals surface area contributed by atoms with Gasteiger partial charge in [-0.3, -0.25) is 4.79 Å². The molecule has 3 aromatic heterocycles. The Morgan fingerprint density at radius 1 is 1.00 bits per heavy atom. The molecule has 0 aliphatic carbocycles. The van der Waals surface area contributed by atoms with Crippen LogP contribution in [0, 0.1) is 5.82 Å². The molecule has 7 nitrogen and oxygen atoms in total. The van der Waals surface area contributed by atoms with Gasteiger partial charge >= 0.3 is 0 Å². The van der Waals surface area contributed by atoms with Gasteiger partial charge in [0.1, 0.15) is 5.82 Å². The summed E-state index contributed by atoms with van der Waals surface area (Å²) < 4.78 is 13.5. The van der Waals surface area contributed by atoms with E-state index in [1.807, 2.05) is 41.8 Å². The van der Waals surface area contributed by atoms with Crippen LogP contribution in [-0.2, 0) is 11.2 Å². The van der Waals surface area contributed by atoms with Gasteiger partial charge in [-0.2, -0.15) is 0 Å². The summed E-state index contributed by atoms with van der Waals surface area (Å²) in [7, 11) is 0. The molecule has 174 valence electrons. The predicted molar refractivity (Wildman–Crippen MR) is 139 cm³/mol. The molecule has 0 unspecified atom stereocenters. The molecule has 0 spiro atoms. The number of nitrogen functional groups attached to an aromatic ring is 1. The topological polar surface area (TPSA) is 106 Å². The maximum absolute atomic E-state index is 13.5. The van der Waals surface area contributed by atoms with Crippen molar-refractivity contribution in [2.24, 2.45) is 0 Å². The standard InChI is InChI=1S/C25H19FN6OS2/c26-16-5-2-7-18(13-16)30-25-28-10-9-20(31-25)23-22(32-24(27)35-23)15-4-1-6-17(12-15)29-21(33)14-19-8-3-11-34-19/h1-13H,14H2,(H2,27,32)(H,29,33)(H,28,30,31). The van der Waals surface area contributed by atoms with E-state index < -0.39 is 0 Å². The monoisotopic (exact) mass is 502 g/mol. The van der Waals surface area contributed by atoms with E-state index in [0.717, 1.165) is 15.3 Å². The fourth-order valence-corrected chi connectivity index (χ4v) is 5.00. The van der Waals surface area contributed by atoms with Crippen LogP contribution in [-0.4, -0.2) is 20.9 Å². The third-order valence-electron chi connectivity index (χ3n) is 4.95. The summed E-state index contributed by atoms with van der Waals surface area (Å²) >= 11 is 2.85. The lowest BCUT2D eigenvalue weighted by Crippen LogP contribution is -2.13. The SMILES string of the molecule is Nc1nc(-c2cccc(NC(=O)Cc3cccs3)c2)c(-c2ccnc(Nc3cccc(F)c3)n2)s1. The molecular weight excluding hydrogens is 483 g/mol. The largest absolute Gasteiger partial charge is 0.375 e. The highest BCUT2D eigenvalue weighted by atomic mass is 32.1. The highest BCUT2D eigenvalue weighted by Crippen LogP contribution is 2.38. The zero-order valence-corrected chi connectivity index (χ0v) is 19.9. The van der Waals surface area contributed by atoms with E-state index in [2.05, 4.69) is 25.6 Å². The molecule has 5 rings (SSSR count). The number of halogens is 1. The molecule has 0 bridgehead atoms. The molecule has 0 saturated heterocycles. The van der Waals surface area contributed by atoms with Crippen molar-refractivity contribution in [1.29, 1.82) is 0 Å². The number of nitrogens with two attached hydrogens (primary N) is 1. The van der Waals surface area contributed by atoms with Gasteiger partial charge in [0, 0.05) is 28.0 Å². The van der Waals surface area contributed by atoms with Gasteiger partial charge in [0.25, 0.3) is 0 Å². The lowest BCUT2D eigenvalue weighted by molar-refractivity contribution is -0.115. The summed E-state index contributed by atoms with van der Waals surface area (Å²) in [6.45, 7) is 0. The normalized spacial score (nSPS) is 10.8. The van der Waals surface area contributed by atoms with Crippen molar-refractivity contribution in [3.8, 4) is 21.8 Å². The number of aromatic nitrogens is 3. The minimum Gasteiger partial charge on any atom is -0.375 e. The van der Waals surface area contributed by atoms with Crippen LogP contribution < -0.4 is 16.4 Å². The molecule has 10 heteroatoms. The number of benzene rings is 2. The number of carbonyl (C=O) groups is 1. The Morgan fingerprint density at radius 2 is 1.86 bits per heavy atom. The van der Waals surface area contributed by atoms with E-state index in [1.165, 1.54) is 23.5 Å². The molecule has 2 aromatic carbocycles. The molecule has 0 aliphatic heterocycles. The summed E-state index contributed by atoms with van der Waals surface area (Å²) in [6, 6.07) is 19.1. The van der Waals surface area contributed by atoms with E-state index in [-0.39, 0.29) is 11.7 Å².